The van der Waals surface area contributed by atoms with Crippen LogP contribution in [0.15, 0.2) is 31.4 Å². The molecule has 12 heavy (non-hydrogen) atoms. The van der Waals surface area contributed by atoms with E-state index in [2.05, 4.69) is 13.2 Å². The van der Waals surface area contributed by atoms with E-state index in [-0.39, 0.29) is 0 Å². The van der Waals surface area contributed by atoms with Crippen molar-refractivity contribution in [2.45, 2.75) is 0 Å². The molecule has 0 aromatic heterocycles. The third-order valence-corrected chi connectivity index (χ3v) is 1.67. The predicted octanol–water partition coefficient (Wildman–Crippen LogP) is 1.84. The van der Waals surface area contributed by atoms with Crippen molar-refractivity contribution in [3.63, 3.8) is 0 Å². The first-order valence-corrected chi connectivity index (χ1v) is 3.62. The average molecular weight is 160 g/mol. The van der Waals surface area contributed by atoms with E-state index < -0.39 is 0 Å². The lowest BCUT2D eigenvalue weighted by molar-refractivity contribution is 1.50. The second-order valence-corrected chi connectivity index (χ2v) is 2.54. The van der Waals surface area contributed by atoms with Gasteiger partial charge in [-0.1, -0.05) is 31.4 Å². The zero-order valence-electron chi connectivity index (χ0n) is 6.88. The van der Waals surface area contributed by atoms with Crippen LogP contribution >= 0.6 is 0 Å². The molecule has 0 bridgehead atoms. The molecule has 0 atom stereocenters. The van der Waals surface area contributed by atoms with Gasteiger partial charge in [-0.2, -0.15) is 0 Å². The molecule has 1 aromatic carbocycles. The van der Waals surface area contributed by atoms with Crippen molar-refractivity contribution >= 4 is 17.5 Å². The van der Waals surface area contributed by atoms with Gasteiger partial charge in [0.1, 0.15) is 0 Å². The molecule has 0 aliphatic rings. The van der Waals surface area contributed by atoms with E-state index in [0.717, 1.165) is 11.1 Å². The van der Waals surface area contributed by atoms with E-state index >= 15 is 0 Å². The molecule has 4 N–H and O–H groups in total. The monoisotopic (exact) mass is 160 g/mol. The van der Waals surface area contributed by atoms with Crippen LogP contribution in [0.1, 0.15) is 11.1 Å². The van der Waals surface area contributed by atoms with Gasteiger partial charge in [0.15, 0.2) is 0 Å². The molecule has 0 unspecified atom stereocenters. The van der Waals surface area contributed by atoms with Gasteiger partial charge in [-0.05, 0) is 11.6 Å². The molecule has 2 nitrogen and oxygen atoms in total. The van der Waals surface area contributed by atoms with Gasteiger partial charge in [0, 0.05) is 16.9 Å². The number of nitrogens with two attached hydrogens (primary N) is 2. The van der Waals surface area contributed by atoms with Gasteiger partial charge in [0.05, 0.1) is 0 Å². The smallest absolute Gasteiger partial charge is 0.0414 e. The molecular weight excluding hydrogens is 148 g/mol. The zero-order chi connectivity index (χ0) is 9.14. The Bertz CT molecular complexity index is 327. The Hall–Kier alpha value is -1.70. The van der Waals surface area contributed by atoms with Crippen molar-refractivity contribution in [2.75, 3.05) is 5.73 Å². The molecule has 1 aromatic rings. The van der Waals surface area contributed by atoms with Crippen LogP contribution in [0, 0.1) is 0 Å². The minimum atomic E-state index is 0.475. The Labute approximate surface area is 72.2 Å². The van der Waals surface area contributed by atoms with E-state index in [1.165, 1.54) is 0 Å². The molecule has 0 aliphatic carbocycles. The lowest BCUT2D eigenvalue weighted by Gasteiger charge is -2.07. The minimum Gasteiger partial charge on any atom is -0.399 e. The summed E-state index contributed by atoms with van der Waals surface area (Å²) in [4.78, 5) is 0. The van der Waals surface area contributed by atoms with Crippen LogP contribution in [0.2, 0.25) is 0 Å². The van der Waals surface area contributed by atoms with Crippen molar-refractivity contribution < 1.29 is 0 Å². The number of anilines is 1. The standard InChI is InChI=1S/C10H12N2/c1-3-8-5-4-6-9(12)10(8)7(2)11/h3-6H,1-2,11-12H2. The molecular formula is C10H12N2. The first kappa shape index (κ1) is 8.40. The third-order valence-electron chi connectivity index (χ3n) is 1.67. The van der Waals surface area contributed by atoms with Gasteiger partial charge in [0.2, 0.25) is 0 Å². The first-order valence-electron chi connectivity index (χ1n) is 3.62. The van der Waals surface area contributed by atoms with Gasteiger partial charge < -0.3 is 11.5 Å². The van der Waals surface area contributed by atoms with Crippen LogP contribution < -0.4 is 11.5 Å². The predicted molar refractivity (Wildman–Crippen MR) is 54.2 cm³/mol. The van der Waals surface area contributed by atoms with Crippen molar-refractivity contribution in [3.05, 3.63) is 42.5 Å². The van der Waals surface area contributed by atoms with Crippen molar-refractivity contribution in [1.82, 2.24) is 0 Å². The third kappa shape index (κ3) is 1.32. The van der Waals surface area contributed by atoms with Crippen LogP contribution in [0.25, 0.3) is 11.8 Å². The number of hydrogen-bond acceptors (Lipinski definition) is 2. The Balaban J connectivity index is 3.39. The lowest BCUT2D eigenvalue weighted by Crippen LogP contribution is -2.01. The van der Waals surface area contributed by atoms with Gasteiger partial charge in [-0.25, -0.2) is 0 Å². The molecule has 0 spiro atoms. The maximum Gasteiger partial charge on any atom is 0.0414 e. The average Bonchev–Trinajstić information content (AvgIpc) is 2.03. The number of nitrogen functional groups attached to an aromatic ring is 1. The fourth-order valence-electron chi connectivity index (χ4n) is 1.13. The molecule has 0 radical (unpaired) electrons. The summed E-state index contributed by atoms with van der Waals surface area (Å²) in [6.45, 7) is 7.31. The molecule has 0 heterocycles. The SMILES string of the molecule is C=Cc1cccc(N)c1C(=C)N. The van der Waals surface area contributed by atoms with Gasteiger partial charge in [0.25, 0.3) is 0 Å². The summed E-state index contributed by atoms with van der Waals surface area (Å²) in [7, 11) is 0. The van der Waals surface area contributed by atoms with Crippen molar-refractivity contribution in [3.8, 4) is 0 Å². The highest BCUT2D eigenvalue weighted by atomic mass is 14.6. The van der Waals surface area contributed by atoms with E-state index in [1.54, 1.807) is 12.1 Å². The Morgan fingerprint density at radius 2 is 2.08 bits per heavy atom. The molecule has 62 valence electrons. The lowest BCUT2D eigenvalue weighted by atomic mass is 10.0. The Kier molecular flexibility index (Phi) is 2.19. The van der Waals surface area contributed by atoms with Crippen molar-refractivity contribution in [1.29, 1.82) is 0 Å². The highest BCUT2D eigenvalue weighted by molar-refractivity contribution is 5.79. The fourth-order valence-corrected chi connectivity index (χ4v) is 1.13. The van der Waals surface area contributed by atoms with Crippen LogP contribution in [0.4, 0.5) is 5.69 Å². The summed E-state index contributed by atoms with van der Waals surface area (Å²) >= 11 is 0. The normalized spacial score (nSPS) is 9.33. The maximum absolute atomic E-state index is 5.71. The molecule has 2 heteroatoms. The summed E-state index contributed by atoms with van der Waals surface area (Å²) in [6, 6.07) is 5.55. The van der Waals surface area contributed by atoms with Gasteiger partial charge in [-0.15, -0.1) is 0 Å². The highest BCUT2D eigenvalue weighted by Gasteiger charge is 2.03. The zero-order valence-corrected chi connectivity index (χ0v) is 6.88. The topological polar surface area (TPSA) is 52.0 Å². The molecule has 0 saturated heterocycles. The van der Waals surface area contributed by atoms with Crippen molar-refractivity contribution in [2.24, 2.45) is 5.73 Å². The van der Waals surface area contributed by atoms with Crippen LogP contribution in [-0.4, -0.2) is 0 Å². The number of benzene rings is 1. The van der Waals surface area contributed by atoms with E-state index in [9.17, 15) is 0 Å². The molecule has 0 saturated carbocycles. The van der Waals surface area contributed by atoms with E-state index in [4.69, 9.17) is 11.5 Å². The van der Waals surface area contributed by atoms with Crippen LogP contribution in [-0.2, 0) is 0 Å². The molecule has 0 fully saturated rings. The summed E-state index contributed by atoms with van der Waals surface area (Å²) in [6.07, 6.45) is 1.71. The van der Waals surface area contributed by atoms with E-state index in [0.29, 0.717) is 11.4 Å². The molecule has 1 rings (SSSR count). The Morgan fingerprint density at radius 3 is 2.50 bits per heavy atom. The second-order valence-electron chi connectivity index (χ2n) is 2.54. The number of hydrogen-bond donors (Lipinski definition) is 2. The largest absolute Gasteiger partial charge is 0.399 e. The van der Waals surface area contributed by atoms with Crippen LogP contribution in [0.5, 0.6) is 0 Å². The summed E-state index contributed by atoms with van der Waals surface area (Å²) in [5.74, 6) is 0. The van der Waals surface area contributed by atoms with Gasteiger partial charge in [-0.3, -0.25) is 0 Å². The second kappa shape index (κ2) is 3.13. The Morgan fingerprint density at radius 1 is 1.42 bits per heavy atom. The summed E-state index contributed by atoms with van der Waals surface area (Å²) in [5, 5.41) is 0. The molecule has 0 amide bonds. The summed E-state index contributed by atoms with van der Waals surface area (Å²) < 4.78 is 0. The van der Waals surface area contributed by atoms with Crippen LogP contribution in [0.3, 0.4) is 0 Å². The number of rotatable bonds is 2. The quantitative estimate of drug-likeness (QED) is 0.648. The van der Waals surface area contributed by atoms with Gasteiger partial charge >= 0.3 is 0 Å². The van der Waals surface area contributed by atoms with E-state index in [1.807, 2.05) is 12.1 Å². The minimum absolute atomic E-state index is 0.475. The summed E-state index contributed by atoms with van der Waals surface area (Å²) in [5.41, 5.74) is 14.1. The fraction of sp³-hybridized carbons (Fsp3) is 0. The first-order chi connectivity index (χ1) is 5.66. The highest BCUT2D eigenvalue weighted by Crippen LogP contribution is 2.21. The maximum atomic E-state index is 5.71. The molecule has 0 aliphatic heterocycles.